The van der Waals surface area contributed by atoms with E-state index in [-0.39, 0.29) is 11.8 Å². The highest BCUT2D eigenvalue weighted by atomic mass is 32.1. The summed E-state index contributed by atoms with van der Waals surface area (Å²) in [5.74, 6) is 0.138. The third kappa shape index (κ3) is 2.41. The molecule has 2 amide bonds. The molecule has 2 saturated heterocycles. The van der Waals surface area contributed by atoms with E-state index in [1.807, 2.05) is 40.8 Å². The van der Waals surface area contributed by atoms with E-state index in [2.05, 4.69) is 4.98 Å². The number of carbonyl (C=O) groups excluding carboxylic acids is 2. The summed E-state index contributed by atoms with van der Waals surface area (Å²) in [6.45, 7) is 3.79. The van der Waals surface area contributed by atoms with Crippen LogP contribution in [0, 0.1) is 12.3 Å². The Labute approximate surface area is 144 Å². The second-order valence-electron chi connectivity index (χ2n) is 6.63. The molecule has 2 aliphatic heterocycles. The van der Waals surface area contributed by atoms with Gasteiger partial charge >= 0.3 is 0 Å². The van der Waals surface area contributed by atoms with Crippen molar-refractivity contribution in [2.24, 2.45) is 5.41 Å². The van der Waals surface area contributed by atoms with Gasteiger partial charge in [-0.15, -0.1) is 0 Å². The summed E-state index contributed by atoms with van der Waals surface area (Å²) in [7, 11) is 0. The van der Waals surface area contributed by atoms with Crippen LogP contribution in [0.5, 0.6) is 0 Å². The molecule has 2 aliphatic rings. The molecule has 0 N–H and O–H groups in total. The van der Waals surface area contributed by atoms with Crippen LogP contribution >= 0.6 is 11.3 Å². The lowest BCUT2D eigenvalue weighted by Crippen LogP contribution is -2.38. The summed E-state index contributed by atoms with van der Waals surface area (Å²) in [6.07, 6.45) is 3.19. The quantitative estimate of drug-likeness (QED) is 0.844. The standard InChI is InChI=1S/C18H19N3O2S/c1-13-2-3-14(10-19-13)16(22)20-7-5-18(12-20)6-8-21(17(18)23)15-4-9-24-11-15/h2-4,9-11H,5-8,12H2,1H3/t18-/m0/s1. The maximum absolute atomic E-state index is 13.0. The van der Waals surface area contributed by atoms with Crippen molar-refractivity contribution < 1.29 is 9.59 Å². The van der Waals surface area contributed by atoms with E-state index in [4.69, 9.17) is 0 Å². The molecule has 2 aromatic rings. The Morgan fingerprint density at radius 2 is 2.08 bits per heavy atom. The van der Waals surface area contributed by atoms with Gasteiger partial charge in [-0.2, -0.15) is 11.3 Å². The van der Waals surface area contributed by atoms with Crippen molar-refractivity contribution in [3.8, 4) is 0 Å². The summed E-state index contributed by atoms with van der Waals surface area (Å²) in [6, 6.07) is 5.64. The van der Waals surface area contributed by atoms with Crippen LogP contribution < -0.4 is 4.90 Å². The highest BCUT2D eigenvalue weighted by Crippen LogP contribution is 2.42. The van der Waals surface area contributed by atoms with Gasteiger partial charge in [0, 0.05) is 36.9 Å². The van der Waals surface area contributed by atoms with E-state index in [0.29, 0.717) is 18.7 Å². The molecule has 124 valence electrons. The minimum Gasteiger partial charge on any atom is -0.337 e. The predicted molar refractivity (Wildman–Crippen MR) is 93.2 cm³/mol. The largest absolute Gasteiger partial charge is 0.337 e. The van der Waals surface area contributed by atoms with Gasteiger partial charge in [0.1, 0.15) is 0 Å². The zero-order valence-electron chi connectivity index (χ0n) is 13.6. The molecule has 0 unspecified atom stereocenters. The van der Waals surface area contributed by atoms with E-state index in [1.165, 1.54) is 0 Å². The van der Waals surface area contributed by atoms with Crippen molar-refractivity contribution in [1.82, 2.24) is 9.88 Å². The molecule has 0 bridgehead atoms. The molecule has 5 nitrogen and oxygen atoms in total. The van der Waals surface area contributed by atoms with Crippen molar-refractivity contribution in [1.29, 1.82) is 0 Å². The number of aryl methyl sites for hydroxylation is 1. The molecule has 0 saturated carbocycles. The first kappa shape index (κ1) is 15.3. The molecule has 6 heteroatoms. The second kappa shape index (κ2) is 5.70. The van der Waals surface area contributed by atoms with Crippen LogP contribution in [0.15, 0.2) is 35.2 Å². The molecule has 24 heavy (non-hydrogen) atoms. The number of nitrogens with zero attached hydrogens (tertiary/aromatic N) is 3. The van der Waals surface area contributed by atoms with Gasteiger partial charge in [0.05, 0.1) is 16.7 Å². The maximum Gasteiger partial charge on any atom is 0.255 e. The van der Waals surface area contributed by atoms with E-state index in [0.717, 1.165) is 30.8 Å². The summed E-state index contributed by atoms with van der Waals surface area (Å²) in [5.41, 5.74) is 2.06. The fourth-order valence-electron chi connectivity index (χ4n) is 3.68. The molecular formula is C18H19N3O2S. The molecule has 4 rings (SSSR count). The Hall–Kier alpha value is -2.21. The number of amides is 2. The Kier molecular flexibility index (Phi) is 3.64. The van der Waals surface area contributed by atoms with Gasteiger partial charge in [-0.1, -0.05) is 0 Å². The zero-order chi connectivity index (χ0) is 16.7. The Balaban J connectivity index is 1.51. The minimum atomic E-state index is -0.407. The first-order valence-electron chi connectivity index (χ1n) is 8.15. The van der Waals surface area contributed by atoms with E-state index in [1.54, 1.807) is 22.4 Å². The predicted octanol–water partition coefficient (Wildman–Crippen LogP) is 2.72. The Bertz CT molecular complexity index is 772. The summed E-state index contributed by atoms with van der Waals surface area (Å²) < 4.78 is 0. The fourth-order valence-corrected chi connectivity index (χ4v) is 4.32. The van der Waals surface area contributed by atoms with Gasteiger partial charge in [-0.25, -0.2) is 0 Å². The Morgan fingerprint density at radius 1 is 1.25 bits per heavy atom. The zero-order valence-corrected chi connectivity index (χ0v) is 14.4. The molecule has 0 aliphatic carbocycles. The first-order valence-corrected chi connectivity index (χ1v) is 9.09. The first-order chi connectivity index (χ1) is 11.6. The van der Waals surface area contributed by atoms with Crippen LogP contribution in [-0.2, 0) is 4.79 Å². The summed E-state index contributed by atoms with van der Waals surface area (Å²) in [5, 5.41) is 4.00. The lowest BCUT2D eigenvalue weighted by molar-refractivity contribution is -0.124. The number of pyridine rings is 1. The van der Waals surface area contributed by atoms with E-state index in [9.17, 15) is 9.59 Å². The topological polar surface area (TPSA) is 53.5 Å². The van der Waals surface area contributed by atoms with Crippen molar-refractivity contribution in [3.63, 3.8) is 0 Å². The Morgan fingerprint density at radius 3 is 2.79 bits per heavy atom. The highest BCUT2D eigenvalue weighted by Gasteiger charge is 2.52. The van der Waals surface area contributed by atoms with Gasteiger partial charge in [0.15, 0.2) is 0 Å². The van der Waals surface area contributed by atoms with E-state index < -0.39 is 5.41 Å². The number of anilines is 1. The van der Waals surface area contributed by atoms with Crippen LogP contribution in [0.25, 0.3) is 0 Å². The second-order valence-corrected chi connectivity index (χ2v) is 7.41. The van der Waals surface area contributed by atoms with Gasteiger partial charge in [0.25, 0.3) is 5.91 Å². The molecule has 0 aromatic carbocycles. The average molecular weight is 341 g/mol. The molecule has 4 heterocycles. The number of carbonyl (C=O) groups is 2. The van der Waals surface area contributed by atoms with Gasteiger partial charge in [-0.3, -0.25) is 14.6 Å². The number of aromatic nitrogens is 1. The van der Waals surface area contributed by atoms with Crippen LogP contribution in [-0.4, -0.2) is 41.3 Å². The van der Waals surface area contributed by atoms with Gasteiger partial charge in [0.2, 0.25) is 5.91 Å². The molecular weight excluding hydrogens is 322 g/mol. The van der Waals surface area contributed by atoms with E-state index >= 15 is 0 Å². The number of thiophene rings is 1. The monoisotopic (exact) mass is 341 g/mol. The van der Waals surface area contributed by atoms with Gasteiger partial charge < -0.3 is 9.80 Å². The third-order valence-electron chi connectivity index (χ3n) is 5.13. The maximum atomic E-state index is 13.0. The number of rotatable bonds is 2. The van der Waals surface area contributed by atoms with Crippen molar-refractivity contribution in [3.05, 3.63) is 46.4 Å². The van der Waals surface area contributed by atoms with Crippen LogP contribution in [0.2, 0.25) is 0 Å². The van der Waals surface area contributed by atoms with Gasteiger partial charge in [-0.05, 0) is 43.3 Å². The molecule has 1 spiro atoms. The summed E-state index contributed by atoms with van der Waals surface area (Å²) >= 11 is 1.60. The molecule has 2 fully saturated rings. The van der Waals surface area contributed by atoms with Crippen molar-refractivity contribution in [2.75, 3.05) is 24.5 Å². The van der Waals surface area contributed by atoms with Crippen molar-refractivity contribution in [2.45, 2.75) is 19.8 Å². The third-order valence-corrected chi connectivity index (χ3v) is 5.80. The van der Waals surface area contributed by atoms with Crippen LogP contribution in [0.1, 0.15) is 28.9 Å². The molecule has 0 radical (unpaired) electrons. The number of hydrogen-bond acceptors (Lipinski definition) is 4. The fraction of sp³-hybridized carbons (Fsp3) is 0.389. The normalized spacial score (nSPS) is 23.5. The minimum absolute atomic E-state index is 0.0267. The van der Waals surface area contributed by atoms with Crippen molar-refractivity contribution >= 4 is 28.8 Å². The SMILES string of the molecule is Cc1ccc(C(=O)N2CC[C@]3(CCN(c4ccsc4)C3=O)C2)cn1. The molecule has 1 atom stereocenters. The number of hydrogen-bond donors (Lipinski definition) is 0. The smallest absolute Gasteiger partial charge is 0.255 e. The number of likely N-dealkylation sites (tertiary alicyclic amines) is 1. The lowest BCUT2D eigenvalue weighted by Gasteiger charge is -2.23. The lowest BCUT2D eigenvalue weighted by atomic mass is 9.85. The van der Waals surface area contributed by atoms with Crippen LogP contribution in [0.4, 0.5) is 5.69 Å². The average Bonchev–Trinajstić information content (AvgIpc) is 3.31. The molecule has 2 aromatic heterocycles. The van der Waals surface area contributed by atoms with Crippen LogP contribution in [0.3, 0.4) is 0 Å². The summed E-state index contributed by atoms with van der Waals surface area (Å²) in [4.78, 5) is 33.5. The highest BCUT2D eigenvalue weighted by molar-refractivity contribution is 7.08.